The van der Waals surface area contributed by atoms with E-state index < -0.39 is 0 Å². The van der Waals surface area contributed by atoms with Crippen LogP contribution < -0.4 is 5.32 Å². The maximum atomic E-state index is 4.41. The summed E-state index contributed by atoms with van der Waals surface area (Å²) < 4.78 is 0.994. The molecule has 0 unspecified atom stereocenters. The van der Waals surface area contributed by atoms with Crippen LogP contribution in [0, 0.1) is 6.92 Å². The number of halogens is 1. The van der Waals surface area contributed by atoms with E-state index in [0.29, 0.717) is 0 Å². The Hall–Kier alpha value is -0.940. The summed E-state index contributed by atoms with van der Waals surface area (Å²) in [7, 11) is 0. The van der Waals surface area contributed by atoms with Gasteiger partial charge in [0, 0.05) is 34.7 Å². The second-order valence-corrected chi connectivity index (χ2v) is 5.28. The number of nitrogens with zero attached hydrogens (tertiary/aromatic N) is 2. The summed E-state index contributed by atoms with van der Waals surface area (Å²) in [4.78, 5) is 8.65. The fraction of sp³-hybridized carbons (Fsp3) is 0.273. The highest BCUT2D eigenvalue weighted by atomic mass is 79.9. The summed E-state index contributed by atoms with van der Waals surface area (Å²) in [6, 6.07) is 3.93. The van der Waals surface area contributed by atoms with Gasteiger partial charge in [0.2, 0.25) is 0 Å². The number of aryl methyl sites for hydroxylation is 1. The van der Waals surface area contributed by atoms with Crippen LogP contribution in [0.25, 0.3) is 0 Å². The normalized spacial score (nSPS) is 10.4. The van der Waals surface area contributed by atoms with Crippen molar-refractivity contribution in [3.05, 3.63) is 38.9 Å². The zero-order chi connectivity index (χ0) is 11.4. The second-order valence-electron chi connectivity index (χ2n) is 3.42. The van der Waals surface area contributed by atoms with Crippen molar-refractivity contribution in [2.45, 2.75) is 13.3 Å². The summed E-state index contributed by atoms with van der Waals surface area (Å²) in [5, 5.41) is 6.51. The van der Waals surface area contributed by atoms with E-state index in [1.807, 2.05) is 19.1 Å². The SMILES string of the molecule is Cc1csc(CCNc2ccc(Br)cn2)n1. The van der Waals surface area contributed by atoms with Crippen molar-refractivity contribution in [3.63, 3.8) is 0 Å². The quantitative estimate of drug-likeness (QED) is 0.941. The number of anilines is 1. The lowest BCUT2D eigenvalue weighted by Gasteiger charge is -2.03. The Labute approximate surface area is 107 Å². The van der Waals surface area contributed by atoms with Crippen molar-refractivity contribution in [1.82, 2.24) is 9.97 Å². The first-order valence-corrected chi connectivity index (χ1v) is 6.68. The van der Waals surface area contributed by atoms with Crippen LogP contribution in [-0.4, -0.2) is 16.5 Å². The topological polar surface area (TPSA) is 37.8 Å². The highest BCUT2D eigenvalue weighted by Gasteiger charge is 1.98. The van der Waals surface area contributed by atoms with Gasteiger partial charge in [0.25, 0.3) is 0 Å². The number of aromatic nitrogens is 2. The Morgan fingerprint density at radius 1 is 1.44 bits per heavy atom. The van der Waals surface area contributed by atoms with E-state index in [4.69, 9.17) is 0 Å². The van der Waals surface area contributed by atoms with Gasteiger partial charge < -0.3 is 5.32 Å². The van der Waals surface area contributed by atoms with Gasteiger partial charge >= 0.3 is 0 Å². The summed E-state index contributed by atoms with van der Waals surface area (Å²) in [6.07, 6.45) is 2.73. The van der Waals surface area contributed by atoms with E-state index in [1.165, 1.54) is 5.01 Å². The van der Waals surface area contributed by atoms with E-state index in [9.17, 15) is 0 Å². The Kier molecular flexibility index (Phi) is 3.90. The molecule has 2 aromatic heterocycles. The van der Waals surface area contributed by atoms with Crippen LogP contribution in [0.2, 0.25) is 0 Å². The van der Waals surface area contributed by atoms with Crippen LogP contribution in [0.1, 0.15) is 10.7 Å². The molecule has 0 atom stereocenters. The molecule has 2 rings (SSSR count). The van der Waals surface area contributed by atoms with E-state index in [2.05, 4.69) is 36.6 Å². The van der Waals surface area contributed by atoms with E-state index in [0.717, 1.165) is 29.0 Å². The molecule has 0 aliphatic heterocycles. The second kappa shape index (κ2) is 5.41. The molecule has 5 heteroatoms. The first kappa shape index (κ1) is 11.5. The Balaban J connectivity index is 1.82. The zero-order valence-corrected chi connectivity index (χ0v) is 11.3. The van der Waals surface area contributed by atoms with Crippen LogP contribution in [0.15, 0.2) is 28.2 Å². The smallest absolute Gasteiger partial charge is 0.125 e. The molecule has 0 radical (unpaired) electrons. The summed E-state index contributed by atoms with van der Waals surface area (Å²) in [5.41, 5.74) is 1.10. The standard InChI is InChI=1S/C11H12BrN3S/c1-8-7-16-11(15-8)4-5-13-10-3-2-9(12)6-14-10/h2-3,6-7H,4-5H2,1H3,(H,13,14). The fourth-order valence-corrected chi connectivity index (χ4v) is 2.31. The molecule has 0 saturated carbocycles. The zero-order valence-electron chi connectivity index (χ0n) is 8.90. The molecular formula is C11H12BrN3S. The molecule has 1 N–H and O–H groups in total. The monoisotopic (exact) mass is 297 g/mol. The molecule has 2 heterocycles. The summed E-state index contributed by atoms with van der Waals surface area (Å²) in [6.45, 7) is 2.88. The van der Waals surface area contributed by atoms with E-state index in [-0.39, 0.29) is 0 Å². The van der Waals surface area contributed by atoms with Crippen molar-refractivity contribution >= 4 is 33.1 Å². The van der Waals surface area contributed by atoms with Crippen molar-refractivity contribution in [2.24, 2.45) is 0 Å². The van der Waals surface area contributed by atoms with Gasteiger partial charge in [0.05, 0.1) is 5.01 Å². The van der Waals surface area contributed by atoms with Gasteiger partial charge in [-0.2, -0.15) is 0 Å². The van der Waals surface area contributed by atoms with Gasteiger partial charge in [-0.05, 0) is 35.0 Å². The molecule has 2 aromatic rings. The fourth-order valence-electron chi connectivity index (χ4n) is 1.30. The average molecular weight is 298 g/mol. The highest BCUT2D eigenvalue weighted by Crippen LogP contribution is 2.12. The van der Waals surface area contributed by atoms with Gasteiger partial charge in [-0.25, -0.2) is 9.97 Å². The molecular weight excluding hydrogens is 286 g/mol. The van der Waals surface area contributed by atoms with Crippen LogP contribution in [0.4, 0.5) is 5.82 Å². The molecule has 0 aromatic carbocycles. The molecule has 0 amide bonds. The Morgan fingerprint density at radius 2 is 2.31 bits per heavy atom. The van der Waals surface area contributed by atoms with Crippen molar-refractivity contribution in [3.8, 4) is 0 Å². The van der Waals surface area contributed by atoms with Gasteiger partial charge in [-0.3, -0.25) is 0 Å². The summed E-state index contributed by atoms with van der Waals surface area (Å²) in [5.74, 6) is 0.900. The Bertz CT molecular complexity index is 453. The minimum absolute atomic E-state index is 0.863. The minimum atomic E-state index is 0.863. The summed E-state index contributed by atoms with van der Waals surface area (Å²) >= 11 is 5.06. The highest BCUT2D eigenvalue weighted by molar-refractivity contribution is 9.10. The van der Waals surface area contributed by atoms with Crippen molar-refractivity contribution in [2.75, 3.05) is 11.9 Å². The minimum Gasteiger partial charge on any atom is -0.370 e. The molecule has 0 aliphatic rings. The molecule has 3 nitrogen and oxygen atoms in total. The van der Waals surface area contributed by atoms with E-state index >= 15 is 0 Å². The first-order valence-electron chi connectivity index (χ1n) is 5.00. The molecule has 0 fully saturated rings. The Morgan fingerprint density at radius 3 is 2.94 bits per heavy atom. The van der Waals surface area contributed by atoms with Gasteiger partial charge in [-0.1, -0.05) is 0 Å². The number of pyridine rings is 1. The molecule has 84 valence electrons. The molecule has 0 spiro atoms. The molecule has 0 saturated heterocycles. The predicted molar refractivity (Wildman–Crippen MR) is 71.0 cm³/mol. The molecule has 0 bridgehead atoms. The van der Waals surface area contributed by atoms with Gasteiger partial charge in [-0.15, -0.1) is 11.3 Å². The van der Waals surface area contributed by atoms with Crippen molar-refractivity contribution in [1.29, 1.82) is 0 Å². The lowest BCUT2D eigenvalue weighted by atomic mass is 10.4. The third-order valence-electron chi connectivity index (χ3n) is 2.04. The number of nitrogens with one attached hydrogen (secondary N) is 1. The lowest BCUT2D eigenvalue weighted by molar-refractivity contribution is 0.977. The number of hydrogen-bond donors (Lipinski definition) is 1. The van der Waals surface area contributed by atoms with E-state index in [1.54, 1.807) is 17.5 Å². The number of hydrogen-bond acceptors (Lipinski definition) is 4. The number of thiazole rings is 1. The van der Waals surface area contributed by atoms with Gasteiger partial charge in [0.1, 0.15) is 5.82 Å². The van der Waals surface area contributed by atoms with Gasteiger partial charge in [0.15, 0.2) is 0 Å². The average Bonchev–Trinajstić information content (AvgIpc) is 2.67. The number of rotatable bonds is 4. The van der Waals surface area contributed by atoms with Crippen molar-refractivity contribution < 1.29 is 0 Å². The maximum Gasteiger partial charge on any atom is 0.125 e. The first-order chi connectivity index (χ1) is 7.74. The van der Waals surface area contributed by atoms with Crippen LogP contribution >= 0.6 is 27.3 Å². The maximum absolute atomic E-state index is 4.41. The third kappa shape index (κ3) is 3.28. The third-order valence-corrected chi connectivity index (χ3v) is 3.53. The lowest BCUT2D eigenvalue weighted by Crippen LogP contribution is -2.05. The predicted octanol–water partition coefficient (Wildman–Crippen LogP) is 3.26. The largest absolute Gasteiger partial charge is 0.370 e. The molecule has 0 aliphatic carbocycles. The van der Waals surface area contributed by atoms with Crippen LogP contribution in [0.3, 0.4) is 0 Å². The molecule has 16 heavy (non-hydrogen) atoms. The van der Waals surface area contributed by atoms with Crippen LogP contribution in [-0.2, 0) is 6.42 Å². The van der Waals surface area contributed by atoms with Crippen LogP contribution in [0.5, 0.6) is 0 Å².